The predicted octanol–water partition coefficient (Wildman–Crippen LogP) is 1.55. The Morgan fingerprint density at radius 2 is 2.20 bits per heavy atom. The van der Waals surface area contributed by atoms with Crippen LogP contribution in [-0.4, -0.2) is 32.6 Å². The number of hydrogen-bond acceptors (Lipinski definition) is 6. The molecule has 3 heterocycles. The quantitative estimate of drug-likeness (QED) is 0.785. The molecular formula is C13H16N4O3. The molecule has 0 bridgehead atoms. The Balaban J connectivity index is 1.82. The lowest BCUT2D eigenvalue weighted by Crippen LogP contribution is -2.36. The fourth-order valence-electron chi connectivity index (χ4n) is 2.11. The van der Waals surface area contributed by atoms with Gasteiger partial charge in [-0.2, -0.15) is 0 Å². The van der Waals surface area contributed by atoms with Crippen LogP contribution in [-0.2, 0) is 18.4 Å². The van der Waals surface area contributed by atoms with E-state index in [1.54, 1.807) is 4.90 Å². The van der Waals surface area contributed by atoms with Crippen LogP contribution in [0.1, 0.15) is 48.6 Å². The van der Waals surface area contributed by atoms with Crippen LogP contribution in [0, 0.1) is 0 Å². The first-order chi connectivity index (χ1) is 9.45. The normalized spacial score (nSPS) is 15.2. The minimum atomic E-state index is -0.197. The predicted molar refractivity (Wildman–Crippen MR) is 67.9 cm³/mol. The van der Waals surface area contributed by atoms with E-state index in [4.69, 9.17) is 4.42 Å². The van der Waals surface area contributed by atoms with Crippen molar-refractivity contribution < 1.29 is 13.8 Å². The lowest BCUT2D eigenvalue weighted by atomic mass is 9.97. The Morgan fingerprint density at radius 1 is 1.40 bits per heavy atom. The summed E-state index contributed by atoms with van der Waals surface area (Å²) in [5.74, 6) is 1.38. The first kappa shape index (κ1) is 12.8. The molecule has 0 saturated heterocycles. The van der Waals surface area contributed by atoms with Crippen molar-refractivity contribution in [1.29, 1.82) is 0 Å². The molecule has 7 heteroatoms. The van der Waals surface area contributed by atoms with Crippen molar-refractivity contribution in [2.45, 2.75) is 39.2 Å². The molecule has 3 rings (SSSR count). The van der Waals surface area contributed by atoms with Crippen molar-refractivity contribution in [2.24, 2.45) is 0 Å². The van der Waals surface area contributed by atoms with Gasteiger partial charge in [0.15, 0.2) is 11.6 Å². The molecule has 2 aromatic heterocycles. The molecule has 1 amide bonds. The second-order valence-electron chi connectivity index (χ2n) is 5.91. The number of rotatable bonds is 1. The molecule has 0 N–H and O–H groups in total. The number of aromatic nitrogens is 3. The average molecular weight is 276 g/mol. The Labute approximate surface area is 115 Å². The van der Waals surface area contributed by atoms with E-state index in [0.717, 1.165) is 11.5 Å². The zero-order valence-electron chi connectivity index (χ0n) is 11.7. The summed E-state index contributed by atoms with van der Waals surface area (Å²) < 4.78 is 10.3. The third kappa shape index (κ3) is 2.19. The Morgan fingerprint density at radius 3 is 2.85 bits per heavy atom. The summed E-state index contributed by atoms with van der Waals surface area (Å²) in [4.78, 5) is 18.4. The van der Waals surface area contributed by atoms with Gasteiger partial charge in [-0.25, -0.2) is 9.61 Å². The number of fused-ring (bicyclic) bond motifs is 1. The summed E-state index contributed by atoms with van der Waals surface area (Å²) in [5, 5.41) is 7.02. The fraction of sp³-hybridized carbons (Fsp3) is 0.538. The SMILES string of the molecule is CC(C)(C)c1nc2c(o1)CCN(C(=O)c1cnon1)C2. The van der Waals surface area contributed by atoms with Gasteiger partial charge in [0.25, 0.3) is 5.91 Å². The van der Waals surface area contributed by atoms with Crippen LogP contribution in [0.3, 0.4) is 0 Å². The maximum Gasteiger partial charge on any atom is 0.278 e. The van der Waals surface area contributed by atoms with Gasteiger partial charge in [0, 0.05) is 18.4 Å². The van der Waals surface area contributed by atoms with Gasteiger partial charge in [0.1, 0.15) is 17.7 Å². The monoisotopic (exact) mass is 276 g/mol. The van der Waals surface area contributed by atoms with Gasteiger partial charge in [0.05, 0.1) is 6.54 Å². The lowest BCUT2D eigenvalue weighted by Gasteiger charge is -2.24. The largest absolute Gasteiger partial charge is 0.445 e. The Hall–Kier alpha value is -2.18. The van der Waals surface area contributed by atoms with Crippen molar-refractivity contribution in [1.82, 2.24) is 20.2 Å². The first-order valence-electron chi connectivity index (χ1n) is 6.51. The van der Waals surface area contributed by atoms with Crippen molar-refractivity contribution >= 4 is 5.91 Å². The van der Waals surface area contributed by atoms with Crippen LogP contribution in [0.4, 0.5) is 0 Å². The van der Waals surface area contributed by atoms with Crippen LogP contribution >= 0.6 is 0 Å². The zero-order chi connectivity index (χ0) is 14.3. The van der Waals surface area contributed by atoms with Gasteiger partial charge in [-0.1, -0.05) is 25.9 Å². The molecule has 0 fully saturated rings. The maximum atomic E-state index is 12.2. The van der Waals surface area contributed by atoms with Gasteiger partial charge < -0.3 is 9.32 Å². The second-order valence-corrected chi connectivity index (χ2v) is 5.91. The number of hydrogen-bond donors (Lipinski definition) is 0. The Kier molecular flexibility index (Phi) is 2.84. The third-order valence-electron chi connectivity index (χ3n) is 3.24. The molecule has 0 saturated carbocycles. The molecule has 2 aromatic rings. The van der Waals surface area contributed by atoms with E-state index in [9.17, 15) is 4.79 Å². The number of amides is 1. The van der Waals surface area contributed by atoms with Gasteiger partial charge in [-0.15, -0.1) is 0 Å². The van der Waals surface area contributed by atoms with Crippen molar-refractivity contribution in [3.63, 3.8) is 0 Å². The van der Waals surface area contributed by atoms with E-state index in [-0.39, 0.29) is 17.0 Å². The highest BCUT2D eigenvalue weighted by Gasteiger charge is 2.30. The first-order valence-corrected chi connectivity index (χ1v) is 6.51. The maximum absolute atomic E-state index is 12.2. The fourth-order valence-corrected chi connectivity index (χ4v) is 2.11. The van der Waals surface area contributed by atoms with E-state index < -0.39 is 0 Å². The molecule has 0 spiro atoms. The molecule has 7 nitrogen and oxygen atoms in total. The van der Waals surface area contributed by atoms with E-state index in [1.165, 1.54) is 6.20 Å². The molecular weight excluding hydrogens is 260 g/mol. The summed E-state index contributed by atoms with van der Waals surface area (Å²) >= 11 is 0. The summed E-state index contributed by atoms with van der Waals surface area (Å²) in [6.07, 6.45) is 1.98. The third-order valence-corrected chi connectivity index (χ3v) is 3.24. The highest BCUT2D eigenvalue weighted by Crippen LogP contribution is 2.27. The zero-order valence-corrected chi connectivity index (χ0v) is 11.7. The number of nitrogens with zero attached hydrogens (tertiary/aromatic N) is 4. The molecule has 106 valence electrons. The highest BCUT2D eigenvalue weighted by molar-refractivity contribution is 5.91. The van der Waals surface area contributed by atoms with Crippen LogP contribution in [0.25, 0.3) is 0 Å². The molecule has 1 aliphatic heterocycles. The molecule has 20 heavy (non-hydrogen) atoms. The van der Waals surface area contributed by atoms with E-state index in [1.807, 2.05) is 20.8 Å². The smallest absolute Gasteiger partial charge is 0.278 e. The topological polar surface area (TPSA) is 85.3 Å². The number of carbonyl (C=O) groups is 1. The van der Waals surface area contributed by atoms with Crippen LogP contribution in [0.2, 0.25) is 0 Å². The minimum absolute atomic E-state index is 0.137. The van der Waals surface area contributed by atoms with Gasteiger partial charge in [-0.05, 0) is 5.16 Å². The second kappa shape index (κ2) is 4.43. The molecule has 0 unspecified atom stereocenters. The van der Waals surface area contributed by atoms with E-state index in [0.29, 0.717) is 25.4 Å². The Bertz CT molecular complexity index is 625. The summed E-state index contributed by atoms with van der Waals surface area (Å²) in [5.41, 5.74) is 0.904. The average Bonchev–Trinajstić information content (AvgIpc) is 3.05. The van der Waals surface area contributed by atoms with E-state index >= 15 is 0 Å². The van der Waals surface area contributed by atoms with Crippen LogP contribution in [0.15, 0.2) is 15.2 Å². The summed E-state index contributed by atoms with van der Waals surface area (Å²) in [6.45, 7) is 7.16. The molecule has 1 aliphatic rings. The standard InChI is InChI=1S/C13H16N4O3/c1-13(2,3)12-15-9-7-17(5-4-10(9)19-12)11(18)8-6-14-20-16-8/h6H,4-5,7H2,1-3H3. The highest BCUT2D eigenvalue weighted by atomic mass is 16.6. The molecule has 0 aromatic carbocycles. The lowest BCUT2D eigenvalue weighted by molar-refractivity contribution is 0.0716. The summed E-state index contributed by atoms with van der Waals surface area (Å²) in [7, 11) is 0. The van der Waals surface area contributed by atoms with Crippen molar-refractivity contribution in [3.05, 3.63) is 29.2 Å². The van der Waals surface area contributed by atoms with E-state index in [2.05, 4.69) is 19.9 Å². The number of oxazole rings is 1. The van der Waals surface area contributed by atoms with Gasteiger partial charge in [-0.3, -0.25) is 4.79 Å². The van der Waals surface area contributed by atoms with Crippen LogP contribution in [0.5, 0.6) is 0 Å². The van der Waals surface area contributed by atoms with Crippen molar-refractivity contribution in [3.8, 4) is 0 Å². The number of carbonyl (C=O) groups excluding carboxylic acids is 1. The molecule has 0 radical (unpaired) electrons. The van der Waals surface area contributed by atoms with Crippen molar-refractivity contribution in [2.75, 3.05) is 6.54 Å². The molecule has 0 aliphatic carbocycles. The van der Waals surface area contributed by atoms with Gasteiger partial charge >= 0.3 is 0 Å². The summed E-state index contributed by atoms with van der Waals surface area (Å²) in [6, 6.07) is 0. The minimum Gasteiger partial charge on any atom is -0.445 e. The van der Waals surface area contributed by atoms with Gasteiger partial charge in [0.2, 0.25) is 0 Å². The van der Waals surface area contributed by atoms with Crippen LogP contribution < -0.4 is 0 Å². The molecule has 0 atom stereocenters.